The molecule has 0 atom stereocenters. The van der Waals surface area contributed by atoms with Gasteiger partial charge in [-0.15, -0.1) is 0 Å². The number of ketones is 1. The van der Waals surface area contributed by atoms with Crippen LogP contribution in [0.5, 0.6) is 0 Å². The molecule has 0 spiro atoms. The number of rotatable bonds is 2. The summed E-state index contributed by atoms with van der Waals surface area (Å²) < 4.78 is 0. The molecule has 68 valence electrons. The number of anilines is 1. The Morgan fingerprint density at radius 3 is 2.54 bits per heavy atom. The topological polar surface area (TPSA) is 93.3 Å². The number of carbonyl (C=O) groups is 2. The van der Waals surface area contributed by atoms with Crippen molar-refractivity contribution < 1.29 is 14.7 Å². The van der Waals surface area contributed by atoms with Crippen molar-refractivity contribution in [3.63, 3.8) is 0 Å². The number of aromatic nitrogens is 1. The smallest absolute Gasteiger partial charge is 0.355 e. The predicted octanol–water partition coefficient (Wildman–Crippen LogP) is 0.565. The van der Waals surface area contributed by atoms with Crippen molar-refractivity contribution in [1.82, 2.24) is 4.98 Å². The molecule has 0 saturated carbocycles. The van der Waals surface area contributed by atoms with E-state index in [1.54, 1.807) is 0 Å². The van der Waals surface area contributed by atoms with Crippen LogP contribution in [0.15, 0.2) is 12.3 Å². The van der Waals surface area contributed by atoms with Gasteiger partial charge in [-0.25, -0.2) is 9.78 Å². The molecule has 0 fully saturated rings. The van der Waals surface area contributed by atoms with E-state index in [4.69, 9.17) is 10.8 Å². The molecule has 1 heterocycles. The lowest BCUT2D eigenvalue weighted by atomic mass is 10.1. The first-order chi connectivity index (χ1) is 6.04. The molecule has 0 saturated heterocycles. The van der Waals surface area contributed by atoms with Gasteiger partial charge in [0.1, 0.15) is 0 Å². The van der Waals surface area contributed by atoms with E-state index in [0.717, 1.165) is 0 Å². The molecule has 0 aromatic carbocycles. The highest BCUT2D eigenvalue weighted by Crippen LogP contribution is 2.14. The standard InChI is InChI=1S/C8H8N2O3/c1-4(11)6-5(9)2-3-10-7(6)8(12)13/h2-3H,1H3,(H2,9,10)(H,12,13). The van der Waals surface area contributed by atoms with Crippen LogP contribution < -0.4 is 5.73 Å². The van der Waals surface area contributed by atoms with Crippen molar-refractivity contribution >= 4 is 17.4 Å². The van der Waals surface area contributed by atoms with Crippen molar-refractivity contribution in [2.24, 2.45) is 0 Å². The summed E-state index contributed by atoms with van der Waals surface area (Å²) in [5.41, 5.74) is 5.24. The van der Waals surface area contributed by atoms with Crippen molar-refractivity contribution in [1.29, 1.82) is 0 Å². The van der Waals surface area contributed by atoms with Crippen LogP contribution in [0.4, 0.5) is 5.69 Å². The van der Waals surface area contributed by atoms with Gasteiger partial charge in [0.05, 0.1) is 5.56 Å². The van der Waals surface area contributed by atoms with Crippen molar-refractivity contribution in [3.05, 3.63) is 23.5 Å². The maximum atomic E-state index is 11.0. The van der Waals surface area contributed by atoms with Crippen LogP contribution in [0, 0.1) is 0 Å². The third kappa shape index (κ3) is 1.64. The van der Waals surface area contributed by atoms with Crippen LogP contribution in [0.1, 0.15) is 27.8 Å². The molecule has 0 amide bonds. The van der Waals surface area contributed by atoms with Gasteiger partial charge < -0.3 is 10.8 Å². The first-order valence-corrected chi connectivity index (χ1v) is 3.52. The fourth-order valence-electron chi connectivity index (χ4n) is 1.01. The van der Waals surface area contributed by atoms with Crippen LogP contribution in [-0.2, 0) is 0 Å². The fraction of sp³-hybridized carbons (Fsp3) is 0.125. The van der Waals surface area contributed by atoms with Crippen molar-refractivity contribution in [2.45, 2.75) is 6.92 Å². The summed E-state index contributed by atoms with van der Waals surface area (Å²) in [7, 11) is 0. The van der Waals surface area contributed by atoms with E-state index in [0.29, 0.717) is 0 Å². The van der Waals surface area contributed by atoms with Gasteiger partial charge in [0.15, 0.2) is 11.5 Å². The SMILES string of the molecule is CC(=O)c1c(N)ccnc1C(=O)O. The third-order valence-corrected chi connectivity index (χ3v) is 1.54. The average molecular weight is 180 g/mol. The Morgan fingerprint density at radius 1 is 1.54 bits per heavy atom. The number of hydrogen-bond acceptors (Lipinski definition) is 4. The molecular weight excluding hydrogens is 172 g/mol. The maximum absolute atomic E-state index is 11.0. The molecule has 0 radical (unpaired) electrons. The van der Waals surface area contributed by atoms with E-state index in [1.807, 2.05) is 0 Å². The summed E-state index contributed by atoms with van der Waals surface area (Å²) in [6, 6.07) is 1.39. The minimum absolute atomic E-state index is 0.0324. The molecule has 1 aromatic heterocycles. The number of pyridine rings is 1. The first-order valence-electron chi connectivity index (χ1n) is 3.52. The zero-order valence-corrected chi connectivity index (χ0v) is 6.94. The second-order valence-electron chi connectivity index (χ2n) is 2.49. The van der Waals surface area contributed by atoms with Crippen molar-refractivity contribution in [2.75, 3.05) is 5.73 Å². The number of Topliss-reactive ketones (excluding diaryl/α,β-unsaturated/α-hetero) is 1. The lowest BCUT2D eigenvalue weighted by Crippen LogP contribution is -2.11. The van der Waals surface area contributed by atoms with Gasteiger partial charge in [-0.3, -0.25) is 4.79 Å². The van der Waals surface area contributed by atoms with Gasteiger partial charge >= 0.3 is 5.97 Å². The van der Waals surface area contributed by atoms with Crippen LogP contribution >= 0.6 is 0 Å². The molecule has 13 heavy (non-hydrogen) atoms. The summed E-state index contributed by atoms with van der Waals surface area (Å²) in [6.45, 7) is 1.25. The Morgan fingerprint density at radius 2 is 2.15 bits per heavy atom. The number of carboxylic acids is 1. The average Bonchev–Trinajstić information content (AvgIpc) is 2.02. The number of nitrogens with two attached hydrogens (primary N) is 1. The Labute approximate surface area is 74.2 Å². The Balaban J connectivity index is 3.43. The normalized spacial score (nSPS) is 9.62. The van der Waals surface area contributed by atoms with Crippen LogP contribution in [0.3, 0.4) is 0 Å². The fourth-order valence-corrected chi connectivity index (χ4v) is 1.01. The number of nitrogens with zero attached hydrogens (tertiary/aromatic N) is 1. The van der Waals surface area contributed by atoms with Gasteiger partial charge in [0.25, 0.3) is 0 Å². The summed E-state index contributed by atoms with van der Waals surface area (Å²) in [4.78, 5) is 25.2. The van der Waals surface area contributed by atoms with Crippen LogP contribution in [0.2, 0.25) is 0 Å². The number of hydrogen-bond donors (Lipinski definition) is 2. The van der Waals surface area contributed by atoms with E-state index in [1.165, 1.54) is 19.2 Å². The molecule has 0 aliphatic carbocycles. The van der Waals surface area contributed by atoms with Gasteiger partial charge in [0.2, 0.25) is 0 Å². The number of nitrogen functional groups attached to an aromatic ring is 1. The number of carboxylic acid groups (broad SMARTS) is 1. The molecule has 5 heteroatoms. The van der Waals surface area contributed by atoms with E-state index in [9.17, 15) is 9.59 Å². The highest BCUT2D eigenvalue weighted by atomic mass is 16.4. The van der Waals surface area contributed by atoms with Crippen LogP contribution in [-0.4, -0.2) is 21.8 Å². The second-order valence-corrected chi connectivity index (χ2v) is 2.49. The summed E-state index contributed by atoms with van der Waals surface area (Å²) >= 11 is 0. The molecule has 3 N–H and O–H groups in total. The van der Waals surface area contributed by atoms with E-state index < -0.39 is 11.8 Å². The van der Waals surface area contributed by atoms with Gasteiger partial charge in [-0.1, -0.05) is 0 Å². The lowest BCUT2D eigenvalue weighted by Gasteiger charge is -2.03. The second kappa shape index (κ2) is 3.22. The van der Waals surface area contributed by atoms with Gasteiger partial charge in [-0.2, -0.15) is 0 Å². The molecular formula is C8H8N2O3. The number of carbonyl (C=O) groups excluding carboxylic acids is 1. The van der Waals surface area contributed by atoms with E-state index >= 15 is 0 Å². The zero-order valence-electron chi connectivity index (χ0n) is 6.94. The Kier molecular flexibility index (Phi) is 2.27. The van der Waals surface area contributed by atoms with Crippen LogP contribution in [0.25, 0.3) is 0 Å². The summed E-state index contributed by atoms with van der Waals surface area (Å²) in [5.74, 6) is -1.65. The third-order valence-electron chi connectivity index (χ3n) is 1.54. The number of aromatic carboxylic acids is 1. The van der Waals surface area contributed by atoms with Crippen molar-refractivity contribution in [3.8, 4) is 0 Å². The molecule has 0 unspecified atom stereocenters. The molecule has 0 aliphatic rings. The van der Waals surface area contributed by atoms with Gasteiger partial charge in [-0.05, 0) is 13.0 Å². The van der Waals surface area contributed by atoms with Gasteiger partial charge in [0, 0.05) is 11.9 Å². The molecule has 5 nitrogen and oxygen atoms in total. The Hall–Kier alpha value is -1.91. The zero-order chi connectivity index (χ0) is 10.0. The highest BCUT2D eigenvalue weighted by molar-refractivity contribution is 6.07. The summed E-state index contributed by atoms with van der Waals surface area (Å²) in [6.07, 6.45) is 1.26. The minimum atomic E-state index is -1.25. The van der Waals surface area contributed by atoms with E-state index in [2.05, 4.69) is 4.98 Å². The monoisotopic (exact) mass is 180 g/mol. The molecule has 1 aromatic rings. The molecule has 0 bridgehead atoms. The molecule has 1 rings (SSSR count). The Bertz CT molecular complexity index is 374. The molecule has 0 aliphatic heterocycles. The highest BCUT2D eigenvalue weighted by Gasteiger charge is 2.17. The minimum Gasteiger partial charge on any atom is -0.476 e. The predicted molar refractivity (Wildman–Crippen MR) is 45.6 cm³/mol. The first kappa shape index (κ1) is 9.18. The lowest BCUT2D eigenvalue weighted by molar-refractivity contribution is 0.0686. The quantitative estimate of drug-likeness (QED) is 0.648. The van der Waals surface area contributed by atoms with E-state index in [-0.39, 0.29) is 16.9 Å². The summed E-state index contributed by atoms with van der Waals surface area (Å²) in [5, 5.41) is 8.67. The largest absolute Gasteiger partial charge is 0.476 e. The maximum Gasteiger partial charge on any atom is 0.355 e.